The van der Waals surface area contributed by atoms with Crippen molar-refractivity contribution in [1.82, 2.24) is 4.98 Å². The number of sulfonamides is 1. The molecule has 0 saturated heterocycles. The van der Waals surface area contributed by atoms with Crippen LogP contribution in [0, 0.1) is 20.8 Å². The lowest BCUT2D eigenvalue weighted by atomic mass is 9.81. The predicted octanol–water partition coefficient (Wildman–Crippen LogP) is 6.58. The molecule has 2 aromatic carbocycles. The Morgan fingerprint density at radius 2 is 1.60 bits per heavy atom. The summed E-state index contributed by atoms with van der Waals surface area (Å²) in [5.41, 5.74) is 1.49. The highest BCUT2D eigenvalue weighted by Crippen LogP contribution is 2.51. The molecule has 40 heavy (non-hydrogen) atoms. The highest BCUT2D eigenvalue weighted by atomic mass is 32.2. The molecule has 11 heteroatoms. The van der Waals surface area contributed by atoms with Crippen LogP contribution < -0.4 is 4.31 Å². The molecule has 1 aliphatic heterocycles. The van der Waals surface area contributed by atoms with Gasteiger partial charge in [0, 0.05) is 11.1 Å². The number of pyridine rings is 1. The van der Waals surface area contributed by atoms with Crippen LogP contribution in [-0.2, 0) is 32.3 Å². The molecule has 214 valence electrons. The zero-order valence-electron chi connectivity index (χ0n) is 23.3. The number of aliphatic carboxylic acids is 1. The summed E-state index contributed by atoms with van der Waals surface area (Å²) in [5.74, 6) is -1.29. The van der Waals surface area contributed by atoms with E-state index >= 15 is 0 Å². The number of carboxylic acid groups (broad SMARTS) is 1. The van der Waals surface area contributed by atoms with E-state index in [1.165, 1.54) is 6.07 Å². The molecule has 0 radical (unpaired) electrons. The van der Waals surface area contributed by atoms with E-state index in [9.17, 15) is 31.5 Å². The molecule has 3 aromatic rings. The van der Waals surface area contributed by atoms with E-state index in [-0.39, 0.29) is 34.6 Å². The molecular weight excluding hydrogens is 545 g/mol. The van der Waals surface area contributed by atoms with Gasteiger partial charge in [-0.25, -0.2) is 18.2 Å². The zero-order chi connectivity index (χ0) is 29.9. The normalized spacial score (nSPS) is 14.5. The minimum atomic E-state index is -4.72. The van der Waals surface area contributed by atoms with Gasteiger partial charge in [0.15, 0.2) is 6.10 Å². The number of carbonyl (C=O) groups is 1. The minimum absolute atomic E-state index is 0.00820. The number of hydrogen-bond acceptors (Lipinski definition) is 5. The monoisotopic (exact) mass is 576 g/mol. The number of fused-ring (bicyclic) bond motifs is 3. The molecule has 2 heterocycles. The van der Waals surface area contributed by atoms with Crippen LogP contribution in [0.4, 0.5) is 18.9 Å². The maximum Gasteiger partial charge on any atom is 0.433 e. The van der Waals surface area contributed by atoms with Crippen molar-refractivity contribution in [2.24, 2.45) is 0 Å². The van der Waals surface area contributed by atoms with Crippen molar-refractivity contribution >= 4 is 21.7 Å². The fraction of sp³-hybridized carbons (Fsp3) is 0.379. The van der Waals surface area contributed by atoms with Crippen LogP contribution in [-0.4, -0.2) is 36.3 Å². The quantitative estimate of drug-likeness (QED) is 0.369. The van der Waals surface area contributed by atoms with Crippen molar-refractivity contribution < 1.29 is 36.2 Å². The first-order chi connectivity index (χ1) is 18.3. The number of alkyl halides is 3. The maximum atomic E-state index is 13.7. The first kappa shape index (κ1) is 29.5. The van der Waals surface area contributed by atoms with Gasteiger partial charge in [-0.2, -0.15) is 13.2 Å². The lowest BCUT2D eigenvalue weighted by molar-refractivity contribution is -0.160. The topological polar surface area (TPSA) is 96.8 Å². The van der Waals surface area contributed by atoms with Crippen LogP contribution in [0.25, 0.3) is 22.4 Å². The van der Waals surface area contributed by atoms with Crippen molar-refractivity contribution in [1.29, 1.82) is 0 Å². The number of carboxylic acids is 1. The Kier molecular flexibility index (Phi) is 7.30. The minimum Gasteiger partial charge on any atom is -0.479 e. The van der Waals surface area contributed by atoms with E-state index in [1.54, 1.807) is 46.8 Å². The van der Waals surface area contributed by atoms with Gasteiger partial charge < -0.3 is 9.84 Å². The maximum absolute atomic E-state index is 13.7. The van der Waals surface area contributed by atoms with Crippen LogP contribution in [0.1, 0.15) is 60.4 Å². The second-order valence-electron chi connectivity index (χ2n) is 11.0. The Morgan fingerprint density at radius 3 is 2.10 bits per heavy atom. The first-order valence-electron chi connectivity index (χ1n) is 12.5. The van der Waals surface area contributed by atoms with Crippen molar-refractivity contribution in [3.05, 3.63) is 69.9 Å². The first-order valence-corrected chi connectivity index (χ1v) is 14.4. The predicted molar refractivity (Wildman–Crippen MR) is 147 cm³/mol. The number of halogens is 3. The summed E-state index contributed by atoms with van der Waals surface area (Å²) in [6.07, 6.45) is -5.22. The Hall–Kier alpha value is -3.44. The van der Waals surface area contributed by atoms with Crippen LogP contribution in [0.5, 0.6) is 0 Å². The Labute approximate surface area is 231 Å². The van der Waals surface area contributed by atoms with Crippen LogP contribution in [0.15, 0.2) is 36.4 Å². The van der Waals surface area contributed by atoms with E-state index in [4.69, 9.17) is 4.74 Å². The summed E-state index contributed by atoms with van der Waals surface area (Å²) < 4.78 is 74.4. The largest absolute Gasteiger partial charge is 0.479 e. The number of nitrogens with zero attached hydrogens (tertiary/aromatic N) is 2. The Bertz CT molecular complexity index is 1610. The standard InChI is InChI=1S/C29H31F3N2O5S/c1-15-8-10-18(11-9-15)21-16(2)23-24-19(12-13-20(33-24)29(30,31)32)14-34(40(7,37)38)25(23)17(3)22(21)26(27(35)36)39-28(4,5)6/h8-13,26H,14H2,1-7H3,(H,35,36)/t26-/m0/s1. The van der Waals surface area contributed by atoms with E-state index < -0.39 is 39.6 Å². The summed E-state index contributed by atoms with van der Waals surface area (Å²) in [4.78, 5) is 16.7. The van der Waals surface area contributed by atoms with Crippen LogP contribution >= 0.6 is 0 Å². The number of aryl methyl sites for hydroxylation is 1. The molecule has 0 unspecified atom stereocenters. The summed E-state index contributed by atoms with van der Waals surface area (Å²) in [6.45, 7) is 9.97. The van der Waals surface area contributed by atoms with Gasteiger partial charge in [0.05, 0.1) is 29.8 Å². The van der Waals surface area contributed by atoms with Crippen molar-refractivity contribution in [2.45, 2.75) is 66.0 Å². The molecular formula is C29H31F3N2O5S. The van der Waals surface area contributed by atoms with Crippen LogP contribution in [0.3, 0.4) is 0 Å². The average Bonchev–Trinajstić information content (AvgIpc) is 2.82. The van der Waals surface area contributed by atoms with Gasteiger partial charge in [-0.15, -0.1) is 0 Å². The number of rotatable bonds is 5. The Morgan fingerprint density at radius 1 is 1.00 bits per heavy atom. The van der Waals surface area contributed by atoms with Crippen molar-refractivity contribution in [3.8, 4) is 22.4 Å². The smallest absolute Gasteiger partial charge is 0.433 e. The van der Waals surface area contributed by atoms with Gasteiger partial charge in [0.1, 0.15) is 5.69 Å². The third-order valence-corrected chi connectivity index (χ3v) is 7.90. The second-order valence-corrected chi connectivity index (χ2v) is 13.0. The van der Waals surface area contributed by atoms with Gasteiger partial charge in [-0.05, 0) is 75.4 Å². The Balaban J connectivity index is 2.23. The summed E-state index contributed by atoms with van der Waals surface area (Å²) in [6, 6.07) is 9.33. The third-order valence-electron chi connectivity index (χ3n) is 6.78. The molecule has 1 N–H and O–H groups in total. The molecule has 0 fully saturated rings. The summed E-state index contributed by atoms with van der Waals surface area (Å²) in [5, 5.41) is 10.3. The van der Waals surface area contributed by atoms with Gasteiger partial charge in [-0.1, -0.05) is 35.9 Å². The summed E-state index contributed by atoms with van der Waals surface area (Å²) in [7, 11) is -3.95. The van der Waals surface area contributed by atoms with E-state index in [0.29, 0.717) is 22.3 Å². The molecule has 7 nitrogen and oxygen atoms in total. The average molecular weight is 577 g/mol. The van der Waals surface area contributed by atoms with Gasteiger partial charge in [0.2, 0.25) is 10.0 Å². The molecule has 1 aromatic heterocycles. The van der Waals surface area contributed by atoms with E-state index in [0.717, 1.165) is 22.2 Å². The van der Waals surface area contributed by atoms with Gasteiger partial charge in [-0.3, -0.25) is 4.31 Å². The molecule has 0 spiro atoms. The molecule has 1 aliphatic rings. The fourth-order valence-electron chi connectivity index (χ4n) is 5.12. The lowest BCUT2D eigenvalue weighted by Crippen LogP contribution is -2.35. The number of ether oxygens (including phenoxy) is 1. The molecule has 4 rings (SSSR count). The van der Waals surface area contributed by atoms with Crippen molar-refractivity contribution in [3.63, 3.8) is 0 Å². The summed E-state index contributed by atoms with van der Waals surface area (Å²) >= 11 is 0. The second kappa shape index (κ2) is 9.88. The van der Waals surface area contributed by atoms with Crippen LogP contribution in [0.2, 0.25) is 0 Å². The molecule has 0 amide bonds. The van der Waals surface area contributed by atoms with Gasteiger partial charge >= 0.3 is 12.1 Å². The number of anilines is 1. The fourth-order valence-corrected chi connectivity index (χ4v) is 6.06. The number of aromatic nitrogens is 1. The molecule has 0 bridgehead atoms. The number of hydrogen-bond donors (Lipinski definition) is 1. The van der Waals surface area contributed by atoms with E-state index in [1.807, 2.05) is 19.1 Å². The molecule has 0 saturated carbocycles. The molecule has 1 atom stereocenters. The third kappa shape index (κ3) is 5.44. The number of benzene rings is 2. The lowest BCUT2D eigenvalue weighted by Gasteiger charge is -2.37. The van der Waals surface area contributed by atoms with E-state index in [2.05, 4.69) is 4.98 Å². The SMILES string of the molecule is Cc1ccc(-c2c(C)c3c(c(C)c2[C@H](OC(C)(C)C)C(=O)O)N(S(C)(=O)=O)Cc2ccc(C(F)(F)F)nc2-3)cc1. The molecule has 0 aliphatic carbocycles. The van der Waals surface area contributed by atoms with Gasteiger partial charge in [0.25, 0.3) is 0 Å². The zero-order valence-corrected chi connectivity index (χ0v) is 24.1. The highest BCUT2D eigenvalue weighted by molar-refractivity contribution is 7.92. The highest BCUT2D eigenvalue weighted by Gasteiger charge is 2.40. The van der Waals surface area contributed by atoms with Crippen molar-refractivity contribution in [2.75, 3.05) is 10.6 Å².